The minimum Gasteiger partial charge on any atom is -0.383 e. The molecule has 0 aliphatic carbocycles. The van der Waals surface area contributed by atoms with Crippen LogP contribution in [0.1, 0.15) is 30.9 Å². The van der Waals surface area contributed by atoms with E-state index >= 15 is 0 Å². The number of hydrogen-bond donors (Lipinski definition) is 2. The SMILES string of the molecule is COC(C)C(=O)N1N=C(c2cc(F)ccc2F)SC1(CCC(F)(F)C(=N)N)c1ccccc1. The summed E-state index contributed by atoms with van der Waals surface area (Å²) in [7, 11) is 1.30. The van der Waals surface area contributed by atoms with Gasteiger partial charge in [-0.25, -0.2) is 13.8 Å². The first-order valence-corrected chi connectivity index (χ1v) is 10.7. The van der Waals surface area contributed by atoms with E-state index in [4.69, 9.17) is 15.9 Å². The van der Waals surface area contributed by atoms with Gasteiger partial charge < -0.3 is 10.5 Å². The minimum absolute atomic E-state index is 0.0568. The number of hydrogen-bond acceptors (Lipinski definition) is 5. The quantitative estimate of drug-likeness (QED) is 0.331. The van der Waals surface area contributed by atoms with Crippen LogP contribution < -0.4 is 5.73 Å². The molecule has 6 nitrogen and oxygen atoms in total. The largest absolute Gasteiger partial charge is 0.383 e. The van der Waals surface area contributed by atoms with Crippen molar-refractivity contribution in [3.05, 3.63) is 71.3 Å². The van der Waals surface area contributed by atoms with E-state index in [-0.39, 0.29) is 17.0 Å². The van der Waals surface area contributed by atoms with Crippen molar-refractivity contribution in [3.63, 3.8) is 0 Å². The maximum absolute atomic E-state index is 14.6. The van der Waals surface area contributed by atoms with Crippen LogP contribution in [0.15, 0.2) is 53.6 Å². The van der Waals surface area contributed by atoms with Crippen molar-refractivity contribution in [1.29, 1.82) is 5.41 Å². The number of amides is 1. The molecule has 0 radical (unpaired) electrons. The number of thioether (sulfide) groups is 1. The molecule has 1 heterocycles. The van der Waals surface area contributed by atoms with Gasteiger partial charge in [0.2, 0.25) is 0 Å². The first-order valence-electron chi connectivity index (χ1n) is 9.89. The van der Waals surface area contributed by atoms with Crippen LogP contribution >= 0.6 is 11.8 Å². The van der Waals surface area contributed by atoms with Gasteiger partial charge in [0.05, 0.1) is 0 Å². The van der Waals surface area contributed by atoms with Gasteiger partial charge in [0.15, 0.2) is 5.84 Å². The maximum Gasteiger partial charge on any atom is 0.303 e. The van der Waals surface area contributed by atoms with Crippen molar-refractivity contribution >= 4 is 28.5 Å². The van der Waals surface area contributed by atoms with Gasteiger partial charge in [-0.2, -0.15) is 13.9 Å². The molecule has 2 atom stereocenters. The first kappa shape index (κ1) is 24.7. The molecular formula is C22H22F4N4O2S. The summed E-state index contributed by atoms with van der Waals surface area (Å²) in [5.41, 5.74) is 5.28. The van der Waals surface area contributed by atoms with E-state index in [9.17, 15) is 22.4 Å². The molecule has 0 aromatic heterocycles. The van der Waals surface area contributed by atoms with E-state index in [1.54, 1.807) is 30.3 Å². The second-order valence-electron chi connectivity index (χ2n) is 7.43. The molecule has 176 valence electrons. The number of alkyl halides is 2. The summed E-state index contributed by atoms with van der Waals surface area (Å²) < 4.78 is 62.2. The number of methoxy groups -OCH3 is 1. The number of carbonyl (C=O) groups is 1. The molecule has 1 aliphatic rings. The molecule has 0 saturated heterocycles. The maximum atomic E-state index is 14.6. The fourth-order valence-corrected chi connectivity index (χ4v) is 4.69. The van der Waals surface area contributed by atoms with Gasteiger partial charge in [0, 0.05) is 19.1 Å². The fraction of sp³-hybridized carbons (Fsp3) is 0.318. The van der Waals surface area contributed by atoms with E-state index in [1.165, 1.54) is 14.0 Å². The van der Waals surface area contributed by atoms with Crippen LogP contribution in [-0.4, -0.2) is 40.9 Å². The van der Waals surface area contributed by atoms with Crippen LogP contribution in [0.25, 0.3) is 0 Å². The number of nitrogens with zero attached hydrogens (tertiary/aromatic N) is 2. The van der Waals surface area contributed by atoms with E-state index in [0.717, 1.165) is 35.0 Å². The summed E-state index contributed by atoms with van der Waals surface area (Å²) in [5.74, 6) is -7.12. The Morgan fingerprint density at radius 3 is 2.55 bits per heavy atom. The molecule has 1 amide bonds. The lowest BCUT2D eigenvalue weighted by atomic mass is 9.97. The molecule has 3 N–H and O–H groups in total. The molecule has 11 heteroatoms. The number of benzene rings is 2. The van der Waals surface area contributed by atoms with Crippen LogP contribution in [0.4, 0.5) is 17.6 Å². The highest BCUT2D eigenvalue weighted by Crippen LogP contribution is 2.52. The number of ether oxygens (including phenoxy) is 1. The predicted molar refractivity (Wildman–Crippen MR) is 118 cm³/mol. The standard InChI is InChI=1S/C22H22F4N4O2S/c1-13(32-2)19(31)30-22(14-6-4-3-5-7-14,11-10-21(25,26)20(27)28)33-18(29-30)16-12-15(23)8-9-17(16)24/h3-9,12-13H,10-11H2,1-2H3,(H3,27,28). The summed E-state index contributed by atoms with van der Waals surface area (Å²) in [6.45, 7) is 1.46. The van der Waals surface area contributed by atoms with Gasteiger partial charge in [-0.15, -0.1) is 0 Å². The molecule has 0 bridgehead atoms. The highest BCUT2D eigenvalue weighted by Gasteiger charge is 2.51. The minimum atomic E-state index is -3.64. The Morgan fingerprint density at radius 1 is 1.27 bits per heavy atom. The van der Waals surface area contributed by atoms with Gasteiger partial charge >= 0.3 is 5.92 Å². The highest BCUT2D eigenvalue weighted by molar-refractivity contribution is 8.15. The zero-order valence-corrected chi connectivity index (χ0v) is 18.6. The summed E-state index contributed by atoms with van der Waals surface area (Å²) >= 11 is 0.852. The van der Waals surface area contributed by atoms with Gasteiger partial charge in [-0.3, -0.25) is 10.2 Å². The lowest BCUT2D eigenvalue weighted by molar-refractivity contribution is -0.145. The Labute approximate surface area is 192 Å². The Morgan fingerprint density at radius 2 is 1.94 bits per heavy atom. The normalized spacial score (nSPS) is 19.3. The summed E-state index contributed by atoms with van der Waals surface area (Å²) in [6, 6.07) is 11.0. The van der Waals surface area contributed by atoms with Crippen molar-refractivity contribution in [1.82, 2.24) is 5.01 Å². The summed E-state index contributed by atoms with van der Waals surface area (Å²) in [6.07, 6.45) is -2.27. The van der Waals surface area contributed by atoms with Crippen molar-refractivity contribution in [2.24, 2.45) is 10.8 Å². The number of nitrogens with one attached hydrogen (secondary N) is 1. The predicted octanol–water partition coefficient (Wildman–Crippen LogP) is 4.44. The molecule has 2 aromatic rings. The van der Waals surface area contributed by atoms with Gasteiger partial charge in [0.1, 0.15) is 27.7 Å². The molecule has 3 rings (SSSR count). The first-order chi connectivity index (χ1) is 15.5. The molecule has 1 aliphatic heterocycles. The van der Waals surface area contributed by atoms with E-state index in [2.05, 4.69) is 5.10 Å². The average Bonchev–Trinajstić information content (AvgIpc) is 3.19. The van der Waals surface area contributed by atoms with Crippen LogP contribution in [0.5, 0.6) is 0 Å². The molecule has 2 aromatic carbocycles. The van der Waals surface area contributed by atoms with E-state index < -0.39 is 46.7 Å². The Kier molecular flexibility index (Phi) is 7.13. The monoisotopic (exact) mass is 482 g/mol. The molecule has 0 spiro atoms. The number of hydrazone groups is 1. The van der Waals surface area contributed by atoms with E-state index in [1.807, 2.05) is 0 Å². The average molecular weight is 483 g/mol. The van der Waals surface area contributed by atoms with Gasteiger partial charge in [-0.1, -0.05) is 42.1 Å². The van der Waals surface area contributed by atoms with Crippen LogP contribution in [0.2, 0.25) is 0 Å². The number of rotatable bonds is 8. The molecule has 0 saturated carbocycles. The summed E-state index contributed by atoms with van der Waals surface area (Å²) in [4.78, 5) is 11.7. The van der Waals surface area contributed by atoms with Gasteiger partial charge in [-0.05, 0) is 37.1 Å². The van der Waals surface area contributed by atoms with Crippen LogP contribution in [0, 0.1) is 17.0 Å². The Bertz CT molecular complexity index is 1080. The topological polar surface area (TPSA) is 91.8 Å². The molecule has 0 fully saturated rings. The third-order valence-electron chi connectivity index (χ3n) is 5.26. The second kappa shape index (κ2) is 9.52. The number of nitrogens with two attached hydrogens (primary N) is 1. The molecular weight excluding hydrogens is 460 g/mol. The molecule has 2 unspecified atom stereocenters. The Hall–Kier alpha value is -2.92. The lowest BCUT2D eigenvalue weighted by Crippen LogP contribution is -2.47. The number of amidine groups is 1. The fourth-order valence-electron chi connectivity index (χ4n) is 3.31. The van der Waals surface area contributed by atoms with Crippen LogP contribution in [0.3, 0.4) is 0 Å². The van der Waals surface area contributed by atoms with Crippen molar-refractivity contribution in [2.75, 3.05) is 7.11 Å². The van der Waals surface area contributed by atoms with E-state index in [0.29, 0.717) is 5.56 Å². The number of carbonyl (C=O) groups excluding carboxylic acids is 1. The third-order valence-corrected chi connectivity index (χ3v) is 6.71. The zero-order chi connectivity index (χ0) is 24.4. The van der Waals surface area contributed by atoms with Crippen molar-refractivity contribution in [3.8, 4) is 0 Å². The zero-order valence-electron chi connectivity index (χ0n) is 17.8. The van der Waals surface area contributed by atoms with Crippen LogP contribution in [-0.2, 0) is 14.4 Å². The third kappa shape index (κ3) is 4.88. The molecule has 33 heavy (non-hydrogen) atoms. The Balaban J connectivity index is 2.17. The summed E-state index contributed by atoms with van der Waals surface area (Å²) in [5, 5.41) is 12.4. The smallest absolute Gasteiger partial charge is 0.303 e. The van der Waals surface area contributed by atoms with Gasteiger partial charge in [0.25, 0.3) is 5.91 Å². The number of halogens is 4. The second-order valence-corrected chi connectivity index (χ2v) is 8.69. The lowest BCUT2D eigenvalue weighted by Gasteiger charge is -2.37. The highest BCUT2D eigenvalue weighted by atomic mass is 32.2. The van der Waals surface area contributed by atoms with Crippen molar-refractivity contribution in [2.45, 2.75) is 36.7 Å². The van der Waals surface area contributed by atoms with Crippen molar-refractivity contribution < 1.29 is 27.1 Å².